The molecule has 1 atom stereocenters. The van der Waals surface area contributed by atoms with Crippen LogP contribution in [0.2, 0.25) is 0 Å². The predicted molar refractivity (Wildman–Crippen MR) is 38.1 cm³/mol. The number of aliphatic hydroxyl groups excluding tert-OH is 1. The van der Waals surface area contributed by atoms with Gasteiger partial charge in [-0.15, -0.1) is 0 Å². The van der Waals surface area contributed by atoms with Crippen LogP contribution in [0.1, 0.15) is 6.42 Å². The van der Waals surface area contributed by atoms with E-state index in [1.807, 2.05) is 6.26 Å². The molecule has 3 heteroatoms. The van der Waals surface area contributed by atoms with Gasteiger partial charge < -0.3 is 10.8 Å². The lowest BCUT2D eigenvalue weighted by Crippen LogP contribution is -2.19. The van der Waals surface area contributed by atoms with Crippen molar-refractivity contribution in [2.75, 3.05) is 18.6 Å². The minimum atomic E-state index is -0.289. The largest absolute Gasteiger partial charge is 0.392 e. The van der Waals surface area contributed by atoms with Gasteiger partial charge in [-0.2, -0.15) is 11.8 Å². The Morgan fingerprint density at radius 2 is 2.38 bits per heavy atom. The Bertz CT molecular complexity index is 51.7. The molecule has 0 rings (SSSR count). The molecule has 0 amide bonds. The summed E-state index contributed by atoms with van der Waals surface area (Å²) in [6.07, 6.45) is 2.54. The van der Waals surface area contributed by atoms with Crippen LogP contribution in [0.3, 0.4) is 0 Å². The van der Waals surface area contributed by atoms with Crippen molar-refractivity contribution in [1.29, 1.82) is 0 Å². The summed E-state index contributed by atoms with van der Waals surface area (Å²) in [6.45, 7) is 0.389. The normalized spacial score (nSPS) is 13.9. The van der Waals surface area contributed by atoms with Crippen molar-refractivity contribution in [3.8, 4) is 0 Å². The van der Waals surface area contributed by atoms with Crippen LogP contribution in [0.5, 0.6) is 0 Å². The molecule has 0 aromatic heterocycles. The lowest BCUT2D eigenvalue weighted by atomic mass is 10.3. The molecule has 8 heavy (non-hydrogen) atoms. The molecule has 0 saturated carbocycles. The summed E-state index contributed by atoms with van der Waals surface area (Å²) in [4.78, 5) is 0. The van der Waals surface area contributed by atoms with E-state index in [1.54, 1.807) is 11.8 Å². The van der Waals surface area contributed by atoms with E-state index in [1.165, 1.54) is 0 Å². The van der Waals surface area contributed by atoms with E-state index in [4.69, 9.17) is 10.8 Å². The van der Waals surface area contributed by atoms with Gasteiger partial charge in [-0.25, -0.2) is 0 Å². The number of rotatable bonds is 4. The van der Waals surface area contributed by atoms with Crippen molar-refractivity contribution in [3.05, 3.63) is 0 Å². The maximum atomic E-state index is 8.85. The average molecular weight is 135 g/mol. The van der Waals surface area contributed by atoms with Crippen molar-refractivity contribution >= 4 is 11.8 Å². The van der Waals surface area contributed by atoms with Gasteiger partial charge >= 0.3 is 0 Å². The van der Waals surface area contributed by atoms with Crippen molar-refractivity contribution < 1.29 is 5.11 Å². The zero-order valence-electron chi connectivity index (χ0n) is 5.13. The highest BCUT2D eigenvalue weighted by Crippen LogP contribution is 1.97. The van der Waals surface area contributed by atoms with Crippen LogP contribution < -0.4 is 5.73 Å². The Labute approximate surface area is 54.5 Å². The van der Waals surface area contributed by atoms with Crippen LogP contribution in [0.15, 0.2) is 0 Å². The second kappa shape index (κ2) is 5.41. The minimum Gasteiger partial charge on any atom is -0.392 e. The summed E-state index contributed by atoms with van der Waals surface area (Å²) >= 11 is 1.73. The molecule has 0 aromatic rings. The van der Waals surface area contributed by atoms with E-state index in [2.05, 4.69) is 0 Å². The van der Waals surface area contributed by atoms with Gasteiger partial charge in [0, 0.05) is 6.54 Å². The standard InChI is InChI=1S/C5H13NOS/c1-8-3-2-5(7)4-6/h5,7H,2-4,6H2,1H3. The van der Waals surface area contributed by atoms with Crippen LogP contribution in [0, 0.1) is 0 Å². The molecule has 0 aromatic carbocycles. The molecular weight excluding hydrogens is 122 g/mol. The number of thioether (sulfide) groups is 1. The topological polar surface area (TPSA) is 46.2 Å². The van der Waals surface area contributed by atoms with Gasteiger partial charge in [0.2, 0.25) is 0 Å². The van der Waals surface area contributed by atoms with E-state index in [0.717, 1.165) is 12.2 Å². The second-order valence-corrected chi connectivity index (χ2v) is 2.66. The second-order valence-electron chi connectivity index (χ2n) is 1.67. The third kappa shape index (κ3) is 4.43. The third-order valence-electron chi connectivity index (χ3n) is 0.927. The molecule has 0 radical (unpaired) electrons. The number of aliphatic hydroxyl groups is 1. The molecule has 0 aliphatic heterocycles. The van der Waals surface area contributed by atoms with Gasteiger partial charge in [-0.1, -0.05) is 0 Å². The highest BCUT2D eigenvalue weighted by molar-refractivity contribution is 7.98. The summed E-state index contributed by atoms with van der Waals surface area (Å²) in [7, 11) is 0. The van der Waals surface area contributed by atoms with Gasteiger partial charge in [0.15, 0.2) is 0 Å². The van der Waals surface area contributed by atoms with Crippen LogP contribution in [-0.4, -0.2) is 29.8 Å². The summed E-state index contributed by atoms with van der Waals surface area (Å²) in [5.41, 5.74) is 5.15. The molecule has 0 aliphatic carbocycles. The van der Waals surface area contributed by atoms with E-state index in [0.29, 0.717) is 6.54 Å². The number of hydrogen-bond acceptors (Lipinski definition) is 3. The Kier molecular flexibility index (Phi) is 5.59. The van der Waals surface area contributed by atoms with E-state index < -0.39 is 0 Å². The molecule has 50 valence electrons. The number of hydrogen-bond donors (Lipinski definition) is 2. The fourth-order valence-electron chi connectivity index (χ4n) is 0.372. The predicted octanol–water partition coefficient (Wildman–Crippen LogP) is 0.0591. The van der Waals surface area contributed by atoms with Crippen molar-refractivity contribution in [1.82, 2.24) is 0 Å². The molecule has 0 saturated heterocycles. The molecule has 3 N–H and O–H groups in total. The number of nitrogens with two attached hydrogens (primary N) is 1. The zero-order chi connectivity index (χ0) is 6.41. The molecule has 0 bridgehead atoms. The first kappa shape index (κ1) is 8.27. The fraction of sp³-hybridized carbons (Fsp3) is 1.00. The first-order valence-corrected chi connectivity index (χ1v) is 4.07. The highest BCUT2D eigenvalue weighted by Gasteiger charge is 1.97. The monoisotopic (exact) mass is 135 g/mol. The Hall–Kier alpha value is 0.270. The first-order chi connectivity index (χ1) is 3.81. The highest BCUT2D eigenvalue weighted by atomic mass is 32.2. The first-order valence-electron chi connectivity index (χ1n) is 2.68. The minimum absolute atomic E-state index is 0.289. The summed E-state index contributed by atoms with van der Waals surface area (Å²) in [6, 6.07) is 0. The smallest absolute Gasteiger partial charge is 0.0670 e. The lowest BCUT2D eigenvalue weighted by molar-refractivity contribution is 0.180. The summed E-state index contributed by atoms with van der Waals surface area (Å²) in [5.74, 6) is 0.998. The molecule has 0 aliphatic rings. The van der Waals surface area contributed by atoms with Gasteiger partial charge in [-0.05, 0) is 18.4 Å². The van der Waals surface area contributed by atoms with E-state index in [9.17, 15) is 0 Å². The van der Waals surface area contributed by atoms with E-state index >= 15 is 0 Å². The maximum absolute atomic E-state index is 8.85. The van der Waals surface area contributed by atoms with Gasteiger partial charge in [-0.3, -0.25) is 0 Å². The molecule has 0 heterocycles. The van der Waals surface area contributed by atoms with Gasteiger partial charge in [0.25, 0.3) is 0 Å². The fourth-order valence-corrected chi connectivity index (χ4v) is 0.880. The lowest BCUT2D eigenvalue weighted by Gasteiger charge is -2.03. The summed E-state index contributed by atoms with van der Waals surface area (Å²) < 4.78 is 0. The average Bonchev–Trinajstić information content (AvgIpc) is 1.83. The molecule has 0 spiro atoms. The van der Waals surface area contributed by atoms with Crippen LogP contribution in [0.4, 0.5) is 0 Å². The molecular formula is C5H13NOS. The molecule has 1 unspecified atom stereocenters. The third-order valence-corrected chi connectivity index (χ3v) is 1.57. The Morgan fingerprint density at radius 1 is 1.75 bits per heavy atom. The molecule has 2 nitrogen and oxygen atoms in total. The maximum Gasteiger partial charge on any atom is 0.0670 e. The van der Waals surface area contributed by atoms with Gasteiger partial charge in [0.05, 0.1) is 6.10 Å². The van der Waals surface area contributed by atoms with Crippen LogP contribution in [-0.2, 0) is 0 Å². The van der Waals surface area contributed by atoms with Crippen molar-refractivity contribution in [2.45, 2.75) is 12.5 Å². The van der Waals surface area contributed by atoms with Crippen molar-refractivity contribution in [2.24, 2.45) is 5.73 Å². The van der Waals surface area contributed by atoms with Crippen LogP contribution >= 0.6 is 11.8 Å². The van der Waals surface area contributed by atoms with E-state index in [-0.39, 0.29) is 6.10 Å². The van der Waals surface area contributed by atoms with Crippen LogP contribution in [0.25, 0.3) is 0 Å². The SMILES string of the molecule is CSCCC(O)CN. The summed E-state index contributed by atoms with van der Waals surface area (Å²) in [5, 5.41) is 8.85. The zero-order valence-corrected chi connectivity index (χ0v) is 5.95. The van der Waals surface area contributed by atoms with Gasteiger partial charge in [0.1, 0.15) is 0 Å². The Balaban J connectivity index is 2.86. The Morgan fingerprint density at radius 3 is 2.75 bits per heavy atom. The van der Waals surface area contributed by atoms with Crippen molar-refractivity contribution in [3.63, 3.8) is 0 Å². The quantitative estimate of drug-likeness (QED) is 0.573. The molecule has 0 fully saturated rings.